The molecule has 0 fully saturated rings. The van der Waals surface area contributed by atoms with Crippen molar-refractivity contribution < 1.29 is 18.1 Å². The van der Waals surface area contributed by atoms with Gasteiger partial charge in [-0.05, 0) is 61.4 Å². The number of anilines is 1. The molecule has 3 rings (SSSR count). The maximum atomic E-state index is 13.6. The van der Waals surface area contributed by atoms with Crippen LogP contribution in [0.2, 0.25) is 0 Å². The molecule has 3 aromatic rings. The minimum Gasteiger partial charge on any atom is -0.497 e. The molecule has 0 saturated carbocycles. The van der Waals surface area contributed by atoms with Gasteiger partial charge in [0.25, 0.3) is 15.7 Å². The first-order chi connectivity index (χ1) is 14.2. The van der Waals surface area contributed by atoms with Crippen molar-refractivity contribution in [2.24, 2.45) is 0 Å². The fraction of sp³-hybridized carbons (Fsp3) is 0.182. The molecule has 0 bridgehead atoms. The van der Waals surface area contributed by atoms with Crippen LogP contribution in [0.15, 0.2) is 77.7 Å². The third-order valence-corrected chi connectivity index (χ3v) is 6.72. The first-order valence-corrected chi connectivity index (χ1v) is 10.7. The van der Waals surface area contributed by atoms with Crippen LogP contribution in [0.3, 0.4) is 0 Å². The van der Waals surface area contributed by atoms with Crippen LogP contribution in [0.1, 0.15) is 24.1 Å². The number of hydrogen-bond donors (Lipinski definition) is 0. The molecule has 0 saturated heterocycles. The predicted octanol–water partition coefficient (Wildman–Crippen LogP) is 4.87. The topological polar surface area (TPSA) is 89.8 Å². The summed E-state index contributed by atoms with van der Waals surface area (Å²) in [5.41, 5.74) is 2.04. The lowest BCUT2D eigenvalue weighted by molar-refractivity contribution is -0.384. The van der Waals surface area contributed by atoms with Gasteiger partial charge in [-0.25, -0.2) is 8.42 Å². The highest BCUT2D eigenvalue weighted by atomic mass is 32.2. The van der Waals surface area contributed by atoms with E-state index < -0.39 is 21.0 Å². The Hall–Kier alpha value is -3.39. The lowest BCUT2D eigenvalue weighted by atomic mass is 10.1. The molecule has 0 aliphatic heterocycles. The van der Waals surface area contributed by atoms with Crippen LogP contribution < -0.4 is 9.04 Å². The van der Waals surface area contributed by atoms with Gasteiger partial charge in [-0.1, -0.05) is 24.3 Å². The highest BCUT2D eigenvalue weighted by molar-refractivity contribution is 7.92. The molecule has 0 aromatic heterocycles. The summed E-state index contributed by atoms with van der Waals surface area (Å²) in [6.07, 6.45) is 0. The molecular formula is C22H22N2O5S. The first-order valence-electron chi connectivity index (χ1n) is 9.23. The van der Waals surface area contributed by atoms with Crippen LogP contribution in [-0.4, -0.2) is 20.5 Å². The maximum Gasteiger partial charge on any atom is 0.269 e. The molecule has 3 aromatic carbocycles. The summed E-state index contributed by atoms with van der Waals surface area (Å²) in [6, 6.07) is 18.8. The molecule has 8 heteroatoms. The van der Waals surface area contributed by atoms with Crippen molar-refractivity contribution in [3.05, 3.63) is 94.0 Å². The fourth-order valence-electron chi connectivity index (χ4n) is 3.21. The number of rotatable bonds is 7. The van der Waals surface area contributed by atoms with Crippen LogP contribution in [0.25, 0.3) is 0 Å². The summed E-state index contributed by atoms with van der Waals surface area (Å²) >= 11 is 0. The molecule has 0 radical (unpaired) electrons. The summed E-state index contributed by atoms with van der Waals surface area (Å²) in [7, 11) is -2.43. The molecule has 1 unspecified atom stereocenters. The van der Waals surface area contributed by atoms with Crippen molar-refractivity contribution in [2.45, 2.75) is 24.8 Å². The number of nitro benzene ring substituents is 1. The minimum absolute atomic E-state index is 0.0185. The number of benzene rings is 3. The number of nitrogens with zero attached hydrogens (tertiary/aromatic N) is 2. The molecule has 0 heterocycles. The highest BCUT2D eigenvalue weighted by Crippen LogP contribution is 2.34. The number of hydrogen-bond acceptors (Lipinski definition) is 5. The van der Waals surface area contributed by atoms with E-state index in [2.05, 4.69) is 0 Å². The van der Waals surface area contributed by atoms with Gasteiger partial charge in [0.15, 0.2) is 0 Å². The second kappa shape index (κ2) is 8.54. The van der Waals surface area contributed by atoms with Gasteiger partial charge >= 0.3 is 0 Å². The Labute approximate surface area is 175 Å². The van der Waals surface area contributed by atoms with E-state index >= 15 is 0 Å². The SMILES string of the molecule is COc1ccc(C(C)N(c2cccc(C)c2)S(=O)(=O)c2ccc([N+](=O)[O-])cc2)cc1. The number of methoxy groups -OCH3 is 1. The van der Waals surface area contributed by atoms with Crippen molar-refractivity contribution >= 4 is 21.4 Å². The molecule has 0 aliphatic carbocycles. The summed E-state index contributed by atoms with van der Waals surface area (Å²) in [4.78, 5) is 10.4. The number of nitro groups is 1. The number of sulfonamides is 1. The van der Waals surface area contributed by atoms with Crippen molar-refractivity contribution in [1.29, 1.82) is 0 Å². The molecule has 0 amide bonds. The van der Waals surface area contributed by atoms with E-state index in [9.17, 15) is 18.5 Å². The van der Waals surface area contributed by atoms with E-state index in [1.54, 1.807) is 44.4 Å². The second-order valence-electron chi connectivity index (χ2n) is 6.84. The zero-order valence-corrected chi connectivity index (χ0v) is 17.7. The van der Waals surface area contributed by atoms with Gasteiger partial charge in [0.1, 0.15) is 5.75 Å². The Morgan fingerprint density at radius 2 is 1.63 bits per heavy atom. The van der Waals surface area contributed by atoms with Gasteiger partial charge in [0.2, 0.25) is 0 Å². The number of non-ortho nitro benzene ring substituents is 1. The molecule has 30 heavy (non-hydrogen) atoms. The maximum absolute atomic E-state index is 13.6. The third-order valence-electron chi connectivity index (χ3n) is 4.81. The van der Waals surface area contributed by atoms with Gasteiger partial charge in [-0.2, -0.15) is 0 Å². The number of ether oxygens (including phenoxy) is 1. The molecular weight excluding hydrogens is 404 g/mol. The Balaban J connectivity index is 2.11. The Bertz CT molecular complexity index is 1140. The smallest absolute Gasteiger partial charge is 0.269 e. The minimum atomic E-state index is -4.00. The van der Waals surface area contributed by atoms with E-state index in [0.717, 1.165) is 11.1 Å². The van der Waals surface area contributed by atoms with E-state index in [1.807, 2.05) is 25.1 Å². The zero-order valence-electron chi connectivity index (χ0n) is 16.8. The van der Waals surface area contributed by atoms with Gasteiger partial charge in [-0.3, -0.25) is 14.4 Å². The normalized spacial score (nSPS) is 12.2. The molecule has 7 nitrogen and oxygen atoms in total. The largest absolute Gasteiger partial charge is 0.497 e. The lowest BCUT2D eigenvalue weighted by Crippen LogP contribution is -2.33. The van der Waals surface area contributed by atoms with Crippen molar-refractivity contribution in [3.8, 4) is 5.75 Å². The van der Waals surface area contributed by atoms with Crippen molar-refractivity contribution in [3.63, 3.8) is 0 Å². The van der Waals surface area contributed by atoms with Crippen LogP contribution in [0.4, 0.5) is 11.4 Å². The summed E-state index contributed by atoms with van der Waals surface area (Å²) in [5.74, 6) is 0.672. The van der Waals surface area contributed by atoms with E-state index in [4.69, 9.17) is 4.74 Å². The van der Waals surface area contributed by atoms with E-state index in [-0.39, 0.29) is 10.6 Å². The fourth-order valence-corrected chi connectivity index (χ4v) is 4.84. The van der Waals surface area contributed by atoms with Crippen molar-refractivity contribution in [1.82, 2.24) is 0 Å². The monoisotopic (exact) mass is 426 g/mol. The summed E-state index contributed by atoms with van der Waals surface area (Å²) in [6.45, 7) is 3.69. The molecule has 0 spiro atoms. The number of aryl methyl sites for hydroxylation is 1. The highest BCUT2D eigenvalue weighted by Gasteiger charge is 2.31. The van der Waals surface area contributed by atoms with Gasteiger partial charge in [0, 0.05) is 12.1 Å². The van der Waals surface area contributed by atoms with Crippen molar-refractivity contribution in [2.75, 3.05) is 11.4 Å². The van der Waals surface area contributed by atoms with Crippen LogP contribution in [0.5, 0.6) is 5.75 Å². The Morgan fingerprint density at radius 3 is 2.17 bits per heavy atom. The molecule has 156 valence electrons. The van der Waals surface area contributed by atoms with Crippen LogP contribution in [0, 0.1) is 17.0 Å². The third kappa shape index (κ3) is 4.28. The molecule has 0 aliphatic rings. The van der Waals surface area contributed by atoms with Crippen LogP contribution in [-0.2, 0) is 10.0 Å². The predicted molar refractivity (Wildman–Crippen MR) is 115 cm³/mol. The van der Waals surface area contributed by atoms with E-state index in [1.165, 1.54) is 28.6 Å². The van der Waals surface area contributed by atoms with Gasteiger partial charge in [0.05, 0.1) is 28.7 Å². The summed E-state index contributed by atoms with van der Waals surface area (Å²) < 4.78 is 33.7. The Morgan fingerprint density at radius 1 is 1.00 bits per heavy atom. The average molecular weight is 426 g/mol. The standard InChI is InChI=1S/C22H22N2O5S/c1-16-5-4-6-20(15-16)23(17(2)18-7-11-21(29-3)12-8-18)30(27,28)22-13-9-19(10-14-22)24(25)26/h4-15,17H,1-3H3. The summed E-state index contributed by atoms with van der Waals surface area (Å²) in [5, 5.41) is 10.9. The lowest BCUT2D eigenvalue weighted by Gasteiger charge is -2.31. The quantitative estimate of drug-likeness (QED) is 0.397. The Kier molecular flexibility index (Phi) is 6.07. The second-order valence-corrected chi connectivity index (χ2v) is 8.65. The average Bonchev–Trinajstić information content (AvgIpc) is 2.74. The van der Waals surface area contributed by atoms with Gasteiger partial charge < -0.3 is 4.74 Å². The van der Waals surface area contributed by atoms with Crippen LogP contribution >= 0.6 is 0 Å². The zero-order chi connectivity index (χ0) is 21.9. The molecule has 1 atom stereocenters. The van der Waals surface area contributed by atoms with E-state index in [0.29, 0.717) is 11.4 Å². The van der Waals surface area contributed by atoms with Gasteiger partial charge in [-0.15, -0.1) is 0 Å². The first kappa shape index (κ1) is 21.3. The molecule has 0 N–H and O–H groups in total.